The second-order valence-corrected chi connectivity index (χ2v) is 6.50. The van der Waals surface area contributed by atoms with E-state index in [-0.39, 0.29) is 5.91 Å². The van der Waals surface area contributed by atoms with Crippen molar-refractivity contribution in [3.8, 4) is 0 Å². The zero-order valence-electron chi connectivity index (χ0n) is 14.0. The van der Waals surface area contributed by atoms with Gasteiger partial charge in [0.25, 0.3) is 5.91 Å². The molecule has 6 heteroatoms. The molecule has 0 aliphatic rings. The van der Waals surface area contributed by atoms with Crippen molar-refractivity contribution in [3.05, 3.63) is 58.6 Å². The van der Waals surface area contributed by atoms with E-state index in [1.165, 1.54) is 11.3 Å². The van der Waals surface area contributed by atoms with Crippen molar-refractivity contribution in [2.24, 2.45) is 0 Å². The summed E-state index contributed by atoms with van der Waals surface area (Å²) in [4.78, 5) is 30.2. The molecule has 0 unspecified atom stereocenters. The number of nitrogens with zero attached hydrogens (tertiary/aromatic N) is 1. The van der Waals surface area contributed by atoms with Crippen LogP contribution in [0.3, 0.4) is 0 Å². The normalized spacial score (nSPS) is 10.6. The topological polar surface area (TPSA) is 68.3 Å². The van der Waals surface area contributed by atoms with Crippen molar-refractivity contribution < 1.29 is 14.3 Å². The van der Waals surface area contributed by atoms with Crippen LogP contribution in [-0.2, 0) is 11.2 Å². The van der Waals surface area contributed by atoms with Gasteiger partial charge in [0.15, 0.2) is 0 Å². The Labute approximate surface area is 149 Å². The average molecular weight is 354 g/mol. The van der Waals surface area contributed by atoms with E-state index in [0.717, 1.165) is 22.2 Å². The molecule has 1 aromatic carbocycles. The number of pyridine rings is 1. The number of aromatic nitrogens is 1. The number of carbonyl (C=O) groups is 2. The smallest absolute Gasteiger partial charge is 0.341 e. The van der Waals surface area contributed by atoms with Crippen LogP contribution in [-0.4, -0.2) is 23.5 Å². The summed E-state index contributed by atoms with van der Waals surface area (Å²) < 4.78 is 5.09. The van der Waals surface area contributed by atoms with Gasteiger partial charge in [-0.3, -0.25) is 9.78 Å². The third-order valence-corrected chi connectivity index (χ3v) is 4.94. The summed E-state index contributed by atoms with van der Waals surface area (Å²) in [6.45, 7) is 4.05. The molecule has 25 heavy (non-hydrogen) atoms. The number of hydrogen-bond donors (Lipinski definition) is 1. The van der Waals surface area contributed by atoms with Crippen LogP contribution in [0, 0.1) is 0 Å². The highest BCUT2D eigenvalue weighted by atomic mass is 32.1. The molecule has 128 valence electrons. The Kier molecular flexibility index (Phi) is 5.09. The number of ether oxygens (including phenoxy) is 1. The highest BCUT2D eigenvalue weighted by molar-refractivity contribution is 7.16. The van der Waals surface area contributed by atoms with Crippen LogP contribution in [0.15, 0.2) is 42.6 Å². The number of amides is 1. The van der Waals surface area contributed by atoms with Gasteiger partial charge in [0, 0.05) is 22.0 Å². The van der Waals surface area contributed by atoms with Crippen molar-refractivity contribution in [3.63, 3.8) is 0 Å². The van der Waals surface area contributed by atoms with E-state index < -0.39 is 5.97 Å². The van der Waals surface area contributed by atoms with Gasteiger partial charge in [-0.15, -0.1) is 11.3 Å². The number of fused-ring (bicyclic) bond motifs is 1. The number of thiophene rings is 1. The second kappa shape index (κ2) is 7.44. The summed E-state index contributed by atoms with van der Waals surface area (Å²) in [5, 5.41) is 4.15. The fraction of sp³-hybridized carbons (Fsp3) is 0.211. The summed E-state index contributed by atoms with van der Waals surface area (Å²) in [6, 6.07) is 10.8. The largest absolute Gasteiger partial charge is 0.462 e. The Morgan fingerprint density at radius 1 is 1.16 bits per heavy atom. The van der Waals surface area contributed by atoms with Gasteiger partial charge >= 0.3 is 5.97 Å². The number of hydrogen-bond acceptors (Lipinski definition) is 5. The van der Waals surface area contributed by atoms with Crippen molar-refractivity contribution in [1.29, 1.82) is 0 Å². The zero-order chi connectivity index (χ0) is 17.8. The molecular weight excluding hydrogens is 336 g/mol. The molecule has 2 heterocycles. The highest BCUT2D eigenvalue weighted by Gasteiger charge is 2.20. The Morgan fingerprint density at radius 3 is 2.76 bits per heavy atom. The van der Waals surface area contributed by atoms with Crippen molar-refractivity contribution in [2.75, 3.05) is 11.9 Å². The minimum absolute atomic E-state index is 0.270. The van der Waals surface area contributed by atoms with Gasteiger partial charge in [0.2, 0.25) is 0 Å². The highest BCUT2D eigenvalue weighted by Crippen LogP contribution is 2.30. The lowest BCUT2D eigenvalue weighted by Crippen LogP contribution is -2.14. The number of aryl methyl sites for hydroxylation is 1. The van der Waals surface area contributed by atoms with Gasteiger partial charge in [-0.25, -0.2) is 4.79 Å². The maximum Gasteiger partial charge on any atom is 0.341 e. The molecule has 0 saturated carbocycles. The summed E-state index contributed by atoms with van der Waals surface area (Å²) in [5.41, 5.74) is 1.67. The maximum atomic E-state index is 12.8. The lowest BCUT2D eigenvalue weighted by Gasteiger charge is -2.08. The molecule has 0 bridgehead atoms. The van der Waals surface area contributed by atoms with E-state index in [1.807, 2.05) is 19.1 Å². The summed E-state index contributed by atoms with van der Waals surface area (Å²) >= 11 is 1.39. The molecule has 1 amide bonds. The van der Waals surface area contributed by atoms with E-state index in [0.29, 0.717) is 22.7 Å². The number of carbonyl (C=O) groups excluding carboxylic acids is 2. The van der Waals surface area contributed by atoms with Gasteiger partial charge in [-0.05, 0) is 37.6 Å². The van der Waals surface area contributed by atoms with Crippen LogP contribution in [0.1, 0.15) is 39.4 Å². The van der Waals surface area contributed by atoms with Crippen molar-refractivity contribution >= 4 is 39.1 Å². The SMILES string of the molecule is CCOC(=O)c1cc(CC)sc1NC(=O)c1cccc2ncccc12. The fourth-order valence-corrected chi connectivity index (χ4v) is 3.52. The van der Waals surface area contributed by atoms with Crippen molar-refractivity contribution in [2.45, 2.75) is 20.3 Å². The van der Waals surface area contributed by atoms with Gasteiger partial charge in [-0.1, -0.05) is 19.1 Å². The number of esters is 1. The molecule has 0 atom stereocenters. The van der Waals surface area contributed by atoms with Crippen LogP contribution >= 0.6 is 11.3 Å². The molecule has 0 aliphatic heterocycles. The Balaban J connectivity index is 1.95. The standard InChI is InChI=1S/C19H18N2O3S/c1-3-12-11-15(19(23)24-4-2)18(25-12)21-17(22)14-7-5-9-16-13(14)8-6-10-20-16/h5-11H,3-4H2,1-2H3,(H,21,22). The Hall–Kier alpha value is -2.73. The molecule has 0 aliphatic carbocycles. The third-order valence-electron chi connectivity index (χ3n) is 3.74. The molecule has 0 spiro atoms. The fourth-order valence-electron chi connectivity index (χ4n) is 2.54. The van der Waals surface area contributed by atoms with E-state index in [1.54, 1.807) is 37.4 Å². The van der Waals surface area contributed by atoms with Crippen molar-refractivity contribution in [1.82, 2.24) is 4.98 Å². The van der Waals surface area contributed by atoms with Gasteiger partial charge in [0.05, 0.1) is 17.7 Å². The van der Waals surface area contributed by atoms with Crippen LogP contribution in [0.4, 0.5) is 5.00 Å². The lowest BCUT2D eigenvalue weighted by molar-refractivity contribution is 0.0528. The van der Waals surface area contributed by atoms with Crippen LogP contribution in [0.2, 0.25) is 0 Å². The van der Waals surface area contributed by atoms with Gasteiger partial charge < -0.3 is 10.1 Å². The monoisotopic (exact) mass is 354 g/mol. The lowest BCUT2D eigenvalue weighted by atomic mass is 10.1. The predicted octanol–water partition coefficient (Wildman–Crippen LogP) is 4.29. The number of rotatable bonds is 5. The Bertz CT molecular complexity index is 928. The molecule has 0 fully saturated rings. The van der Waals surface area contributed by atoms with E-state index in [9.17, 15) is 9.59 Å². The molecule has 1 N–H and O–H groups in total. The third kappa shape index (κ3) is 3.53. The summed E-state index contributed by atoms with van der Waals surface area (Å²) in [6.07, 6.45) is 2.47. The predicted molar refractivity (Wildman–Crippen MR) is 99.3 cm³/mol. The van der Waals surface area contributed by atoms with Crippen LogP contribution < -0.4 is 5.32 Å². The van der Waals surface area contributed by atoms with Crippen LogP contribution in [0.5, 0.6) is 0 Å². The van der Waals surface area contributed by atoms with E-state index in [4.69, 9.17) is 4.74 Å². The first kappa shape index (κ1) is 17.1. The minimum Gasteiger partial charge on any atom is -0.462 e. The summed E-state index contributed by atoms with van der Waals surface area (Å²) in [5.74, 6) is -0.693. The second-order valence-electron chi connectivity index (χ2n) is 5.36. The number of anilines is 1. The molecule has 0 radical (unpaired) electrons. The quantitative estimate of drug-likeness (QED) is 0.694. The first-order valence-electron chi connectivity index (χ1n) is 8.09. The van der Waals surface area contributed by atoms with Gasteiger partial charge in [-0.2, -0.15) is 0 Å². The van der Waals surface area contributed by atoms with Gasteiger partial charge in [0.1, 0.15) is 5.00 Å². The van der Waals surface area contributed by atoms with Crippen LogP contribution in [0.25, 0.3) is 10.9 Å². The molecule has 3 aromatic rings. The maximum absolute atomic E-state index is 12.8. The number of benzene rings is 1. The van der Waals surface area contributed by atoms with E-state index >= 15 is 0 Å². The molecule has 5 nitrogen and oxygen atoms in total. The molecule has 0 saturated heterocycles. The Morgan fingerprint density at radius 2 is 2.00 bits per heavy atom. The number of nitrogens with one attached hydrogen (secondary N) is 1. The molecule has 3 rings (SSSR count). The first-order chi connectivity index (χ1) is 12.1. The zero-order valence-corrected chi connectivity index (χ0v) is 14.9. The average Bonchev–Trinajstić information content (AvgIpc) is 3.04. The molecular formula is C19H18N2O3S. The van der Waals surface area contributed by atoms with E-state index in [2.05, 4.69) is 10.3 Å². The molecule has 2 aromatic heterocycles. The first-order valence-corrected chi connectivity index (χ1v) is 8.90. The summed E-state index contributed by atoms with van der Waals surface area (Å²) in [7, 11) is 0. The minimum atomic E-state index is -0.423.